The highest BCUT2D eigenvalue weighted by Gasteiger charge is 2.32. The number of carbonyl (C=O) groups is 1. The first-order valence-electron chi connectivity index (χ1n) is 7.05. The average molecular weight is 346 g/mol. The minimum atomic E-state index is -3.95. The number of aryl methyl sites for hydroxylation is 1. The molecular weight excluding hydrogens is 327 g/mol. The molecule has 2 rings (SSSR count). The first kappa shape index (κ1) is 17.6. The van der Waals surface area contributed by atoms with Gasteiger partial charge >= 0.3 is 16.2 Å². The maximum Gasteiger partial charge on any atom is 0.336 e. The summed E-state index contributed by atoms with van der Waals surface area (Å²) < 4.78 is 47.0. The fourth-order valence-electron chi connectivity index (χ4n) is 2.57. The topological polar surface area (TPSA) is 95.9 Å². The van der Waals surface area contributed by atoms with E-state index in [-0.39, 0.29) is 29.3 Å². The van der Waals surface area contributed by atoms with Gasteiger partial charge in [-0.3, -0.25) is 4.72 Å². The molecule has 1 heterocycles. The minimum absolute atomic E-state index is 0.0917. The molecule has 0 amide bonds. The van der Waals surface area contributed by atoms with Crippen molar-refractivity contribution in [3.8, 4) is 0 Å². The lowest BCUT2D eigenvalue weighted by atomic mass is 10.1. The van der Waals surface area contributed by atoms with Crippen molar-refractivity contribution in [3.63, 3.8) is 0 Å². The third-order valence-electron chi connectivity index (χ3n) is 3.77. The number of carboxylic acid groups (broad SMARTS) is 1. The summed E-state index contributed by atoms with van der Waals surface area (Å²) in [6.07, 6.45) is 0.658. The second kappa shape index (κ2) is 6.81. The van der Waals surface area contributed by atoms with Gasteiger partial charge in [-0.25, -0.2) is 9.18 Å². The zero-order valence-electron chi connectivity index (χ0n) is 12.9. The van der Waals surface area contributed by atoms with Crippen LogP contribution in [0.2, 0.25) is 0 Å². The zero-order valence-corrected chi connectivity index (χ0v) is 13.7. The first-order chi connectivity index (χ1) is 10.7. The molecule has 0 aliphatic carbocycles. The molecule has 1 fully saturated rings. The van der Waals surface area contributed by atoms with Gasteiger partial charge in [-0.05, 0) is 37.0 Å². The molecule has 7 nitrogen and oxygen atoms in total. The van der Waals surface area contributed by atoms with Gasteiger partial charge in [0.1, 0.15) is 5.82 Å². The second-order valence-corrected chi connectivity index (χ2v) is 7.20. The van der Waals surface area contributed by atoms with E-state index in [1.807, 2.05) is 0 Å². The molecule has 128 valence electrons. The van der Waals surface area contributed by atoms with Crippen molar-refractivity contribution in [1.82, 2.24) is 4.31 Å². The van der Waals surface area contributed by atoms with Crippen LogP contribution < -0.4 is 4.72 Å². The molecule has 0 saturated carbocycles. The van der Waals surface area contributed by atoms with Gasteiger partial charge in [-0.2, -0.15) is 12.7 Å². The summed E-state index contributed by atoms with van der Waals surface area (Å²) in [4.78, 5) is 11.1. The molecule has 0 aromatic heterocycles. The summed E-state index contributed by atoms with van der Waals surface area (Å²) >= 11 is 0. The molecule has 23 heavy (non-hydrogen) atoms. The molecule has 0 bridgehead atoms. The van der Waals surface area contributed by atoms with E-state index >= 15 is 0 Å². The Morgan fingerprint density at radius 3 is 2.83 bits per heavy atom. The van der Waals surface area contributed by atoms with Crippen LogP contribution in [0.25, 0.3) is 0 Å². The molecule has 1 saturated heterocycles. The van der Waals surface area contributed by atoms with Gasteiger partial charge in [0.15, 0.2) is 0 Å². The van der Waals surface area contributed by atoms with Crippen LogP contribution in [-0.2, 0) is 14.9 Å². The summed E-state index contributed by atoms with van der Waals surface area (Å²) in [5.74, 6) is -1.97. The Morgan fingerprint density at radius 2 is 2.22 bits per heavy atom. The predicted octanol–water partition coefficient (Wildman–Crippen LogP) is 1.46. The fourth-order valence-corrected chi connectivity index (χ4v) is 3.89. The molecule has 9 heteroatoms. The van der Waals surface area contributed by atoms with E-state index < -0.39 is 22.0 Å². The molecule has 1 aromatic rings. The third-order valence-corrected chi connectivity index (χ3v) is 5.26. The number of halogens is 1. The number of nitrogens with zero attached hydrogens (tertiary/aromatic N) is 1. The van der Waals surface area contributed by atoms with Crippen LogP contribution >= 0.6 is 0 Å². The number of hydrogen-bond donors (Lipinski definition) is 2. The van der Waals surface area contributed by atoms with E-state index in [9.17, 15) is 17.6 Å². The molecule has 1 aromatic carbocycles. The van der Waals surface area contributed by atoms with E-state index in [0.717, 1.165) is 12.1 Å². The van der Waals surface area contributed by atoms with Gasteiger partial charge in [-0.15, -0.1) is 0 Å². The maximum absolute atomic E-state index is 14.0. The number of benzene rings is 1. The second-order valence-electron chi connectivity index (χ2n) is 5.53. The lowest BCUT2D eigenvalue weighted by Crippen LogP contribution is -2.34. The van der Waals surface area contributed by atoms with Gasteiger partial charge in [-0.1, -0.05) is 0 Å². The van der Waals surface area contributed by atoms with Crippen LogP contribution in [0.1, 0.15) is 22.3 Å². The van der Waals surface area contributed by atoms with Gasteiger partial charge < -0.3 is 9.84 Å². The number of methoxy groups -OCH3 is 1. The van der Waals surface area contributed by atoms with Gasteiger partial charge in [0, 0.05) is 20.2 Å². The van der Waals surface area contributed by atoms with Crippen LogP contribution in [0.3, 0.4) is 0 Å². The molecule has 1 unspecified atom stereocenters. The summed E-state index contributed by atoms with van der Waals surface area (Å²) in [6.45, 7) is 2.49. The predicted molar refractivity (Wildman–Crippen MR) is 82.2 cm³/mol. The Labute approximate surface area is 134 Å². The Balaban J connectivity index is 2.21. The van der Waals surface area contributed by atoms with Crippen LogP contribution in [0.15, 0.2) is 12.1 Å². The lowest BCUT2D eigenvalue weighted by molar-refractivity contribution is 0.0696. The summed E-state index contributed by atoms with van der Waals surface area (Å²) in [7, 11) is -2.40. The monoisotopic (exact) mass is 346 g/mol. The van der Waals surface area contributed by atoms with E-state index in [1.54, 1.807) is 7.11 Å². The molecular formula is C14H19FN2O5S. The average Bonchev–Trinajstić information content (AvgIpc) is 2.91. The first-order valence-corrected chi connectivity index (χ1v) is 8.49. The van der Waals surface area contributed by atoms with E-state index in [4.69, 9.17) is 9.84 Å². The van der Waals surface area contributed by atoms with Crippen LogP contribution in [0.5, 0.6) is 0 Å². The molecule has 1 atom stereocenters. The fraction of sp³-hybridized carbons (Fsp3) is 0.500. The van der Waals surface area contributed by atoms with Crippen LogP contribution in [0, 0.1) is 18.7 Å². The highest BCUT2D eigenvalue weighted by Crippen LogP contribution is 2.25. The SMILES string of the molecule is COCC1CCN(S(=O)(=O)Nc2cc(C(=O)O)c(C)cc2F)C1. The Morgan fingerprint density at radius 1 is 1.52 bits per heavy atom. The normalized spacial score (nSPS) is 19.0. The van der Waals surface area contributed by atoms with E-state index in [1.165, 1.54) is 11.2 Å². The number of aromatic carboxylic acids is 1. The highest BCUT2D eigenvalue weighted by atomic mass is 32.2. The van der Waals surface area contributed by atoms with Gasteiger partial charge in [0.2, 0.25) is 0 Å². The third kappa shape index (κ3) is 3.98. The van der Waals surface area contributed by atoms with Crippen molar-refractivity contribution >= 4 is 21.9 Å². The van der Waals surface area contributed by atoms with Crippen molar-refractivity contribution < 1.29 is 27.4 Å². The molecule has 2 N–H and O–H groups in total. The Hall–Kier alpha value is -1.71. The summed E-state index contributed by atoms with van der Waals surface area (Å²) in [6, 6.07) is 1.99. The minimum Gasteiger partial charge on any atom is -0.478 e. The summed E-state index contributed by atoms with van der Waals surface area (Å²) in [5, 5.41) is 9.06. The number of hydrogen-bond acceptors (Lipinski definition) is 4. The van der Waals surface area contributed by atoms with Crippen molar-refractivity contribution in [3.05, 3.63) is 29.1 Å². The Bertz CT molecular complexity index is 707. The van der Waals surface area contributed by atoms with Crippen molar-refractivity contribution in [1.29, 1.82) is 0 Å². The number of ether oxygens (including phenoxy) is 1. The molecule has 0 radical (unpaired) electrons. The zero-order chi connectivity index (χ0) is 17.2. The van der Waals surface area contributed by atoms with E-state index in [2.05, 4.69) is 4.72 Å². The number of rotatable bonds is 6. The standard InChI is InChI=1S/C14H19FN2O5S/c1-9-5-12(15)13(6-11(9)14(18)19)16-23(20,21)17-4-3-10(7-17)8-22-2/h5-6,10,16H,3-4,7-8H2,1-2H3,(H,18,19). The van der Waals surface area contributed by atoms with E-state index in [0.29, 0.717) is 19.6 Å². The Kier molecular flexibility index (Phi) is 5.23. The number of carboxylic acids is 1. The van der Waals surface area contributed by atoms with Crippen molar-refractivity contribution in [2.24, 2.45) is 5.92 Å². The lowest BCUT2D eigenvalue weighted by Gasteiger charge is -2.18. The van der Waals surface area contributed by atoms with Crippen LogP contribution in [0.4, 0.5) is 10.1 Å². The number of nitrogens with one attached hydrogen (secondary N) is 1. The highest BCUT2D eigenvalue weighted by molar-refractivity contribution is 7.90. The van der Waals surface area contributed by atoms with Crippen LogP contribution in [-0.4, -0.2) is 50.6 Å². The van der Waals surface area contributed by atoms with Gasteiger partial charge in [0.25, 0.3) is 0 Å². The molecule has 1 aliphatic heterocycles. The molecule has 1 aliphatic rings. The number of anilines is 1. The van der Waals surface area contributed by atoms with Crippen molar-refractivity contribution in [2.75, 3.05) is 31.5 Å². The smallest absolute Gasteiger partial charge is 0.336 e. The maximum atomic E-state index is 14.0. The quantitative estimate of drug-likeness (QED) is 0.813. The largest absolute Gasteiger partial charge is 0.478 e. The van der Waals surface area contributed by atoms with Crippen molar-refractivity contribution in [2.45, 2.75) is 13.3 Å². The molecule has 0 spiro atoms. The van der Waals surface area contributed by atoms with Gasteiger partial charge in [0.05, 0.1) is 17.9 Å². The summed E-state index contributed by atoms with van der Waals surface area (Å²) in [5.41, 5.74) is -0.301.